The summed E-state index contributed by atoms with van der Waals surface area (Å²) in [4.78, 5) is 14.9. The lowest BCUT2D eigenvalue weighted by Crippen LogP contribution is -2.05. The highest BCUT2D eigenvalue weighted by Gasteiger charge is 2.27. The van der Waals surface area contributed by atoms with Crippen molar-refractivity contribution < 1.29 is 23.7 Å². The number of carbonyl (C=O) groups excluding carboxylic acids is 1. The average Bonchev–Trinajstić information content (AvgIpc) is 2.96. The number of rotatable bonds is 6. The van der Waals surface area contributed by atoms with Crippen molar-refractivity contribution in [3.8, 4) is 34.4 Å². The highest BCUT2D eigenvalue weighted by molar-refractivity contribution is 9.10. The van der Waals surface area contributed by atoms with E-state index < -0.39 is 5.97 Å². The summed E-state index contributed by atoms with van der Waals surface area (Å²) in [5.41, 5.74) is 1.39. The Morgan fingerprint density at radius 1 is 1.20 bits per heavy atom. The van der Waals surface area contributed by atoms with Gasteiger partial charge >= 0.3 is 5.97 Å². The molecule has 0 unspecified atom stereocenters. The van der Waals surface area contributed by atoms with Gasteiger partial charge < -0.3 is 23.9 Å². The van der Waals surface area contributed by atoms with Crippen LogP contribution in [0.3, 0.4) is 0 Å². The van der Waals surface area contributed by atoms with E-state index in [0.29, 0.717) is 32.8 Å². The predicted octanol–water partition coefficient (Wildman–Crippen LogP) is 3.52. The second-order valence-electron chi connectivity index (χ2n) is 4.78. The molecule has 0 atom stereocenters. The van der Waals surface area contributed by atoms with Crippen LogP contribution in [0.5, 0.6) is 17.2 Å². The van der Waals surface area contributed by atoms with Gasteiger partial charge in [0.05, 0.1) is 32.4 Å². The lowest BCUT2D eigenvalue weighted by Gasteiger charge is -2.15. The number of benzene rings is 1. The van der Waals surface area contributed by atoms with Crippen LogP contribution in [-0.2, 0) is 4.74 Å². The number of esters is 1. The van der Waals surface area contributed by atoms with Crippen molar-refractivity contribution in [2.24, 2.45) is 0 Å². The number of ether oxygens (including phenoxy) is 4. The van der Waals surface area contributed by atoms with Gasteiger partial charge in [-0.15, -0.1) is 0 Å². The van der Waals surface area contributed by atoms with E-state index in [2.05, 4.69) is 20.9 Å². The Balaban J connectivity index is 2.75. The molecule has 7 nitrogen and oxygen atoms in total. The van der Waals surface area contributed by atoms with E-state index >= 15 is 0 Å². The fourth-order valence-corrected chi connectivity index (χ4v) is 3.13. The molecule has 0 bridgehead atoms. The largest absolute Gasteiger partial charge is 0.493 e. The van der Waals surface area contributed by atoms with E-state index in [1.165, 1.54) is 21.3 Å². The van der Waals surface area contributed by atoms with Crippen LogP contribution in [0.2, 0.25) is 0 Å². The van der Waals surface area contributed by atoms with Gasteiger partial charge in [0.1, 0.15) is 17.5 Å². The van der Waals surface area contributed by atoms with Crippen LogP contribution in [0.15, 0.2) is 16.6 Å². The Kier molecular flexibility index (Phi) is 5.93. The second kappa shape index (κ2) is 7.94. The number of nitrogens with zero attached hydrogens (tertiary/aromatic N) is 1. The smallest absolute Gasteiger partial charge is 0.355 e. The summed E-state index contributed by atoms with van der Waals surface area (Å²) >= 11 is 3.38. The molecule has 1 heterocycles. The van der Waals surface area contributed by atoms with Crippen molar-refractivity contribution in [3.05, 3.63) is 28.0 Å². The normalized spacial score (nSPS) is 10.1. The maximum atomic E-state index is 12.1. The first kappa shape index (κ1) is 18.7. The highest BCUT2D eigenvalue weighted by atomic mass is 79.9. The van der Waals surface area contributed by atoms with Crippen molar-refractivity contribution in [2.45, 2.75) is 6.92 Å². The molecule has 0 saturated carbocycles. The fourth-order valence-electron chi connectivity index (χ4n) is 2.46. The Labute approximate surface area is 153 Å². The van der Waals surface area contributed by atoms with Crippen LogP contribution in [0.25, 0.3) is 11.1 Å². The first-order chi connectivity index (χ1) is 12.0. The van der Waals surface area contributed by atoms with Crippen LogP contribution in [0.1, 0.15) is 23.1 Å². The van der Waals surface area contributed by atoms with Crippen LogP contribution < -0.4 is 14.2 Å². The first-order valence-electron chi connectivity index (χ1n) is 7.31. The number of H-pyrrole nitrogens is 1. The number of nitriles is 1. The summed E-state index contributed by atoms with van der Waals surface area (Å²) in [5.74, 6) is 0.695. The number of aromatic nitrogens is 1. The molecule has 132 valence electrons. The first-order valence-corrected chi connectivity index (χ1v) is 8.11. The monoisotopic (exact) mass is 408 g/mol. The average molecular weight is 409 g/mol. The third-order valence-corrected chi connectivity index (χ3v) is 4.30. The SMILES string of the molecule is CCOC(=O)c1[nH]c(C#N)c(-c2ccc(OC)c(OC)c2OC)c1Br. The van der Waals surface area contributed by atoms with Crippen molar-refractivity contribution >= 4 is 21.9 Å². The summed E-state index contributed by atoms with van der Waals surface area (Å²) in [7, 11) is 4.49. The molecule has 2 aromatic rings. The molecule has 1 N–H and O–H groups in total. The van der Waals surface area contributed by atoms with Gasteiger partial charge in [0.25, 0.3) is 0 Å². The zero-order valence-corrected chi connectivity index (χ0v) is 15.8. The molecule has 2 rings (SSSR count). The zero-order valence-electron chi connectivity index (χ0n) is 14.2. The van der Waals surface area contributed by atoms with Crippen molar-refractivity contribution in [3.63, 3.8) is 0 Å². The highest BCUT2D eigenvalue weighted by Crippen LogP contribution is 2.47. The number of methoxy groups -OCH3 is 3. The number of halogens is 1. The molecule has 0 fully saturated rings. The van der Waals surface area contributed by atoms with Gasteiger partial charge in [0.15, 0.2) is 11.5 Å². The maximum Gasteiger partial charge on any atom is 0.355 e. The van der Waals surface area contributed by atoms with Gasteiger partial charge in [-0.25, -0.2) is 4.79 Å². The molecule has 8 heteroatoms. The van der Waals surface area contributed by atoms with E-state index in [1.54, 1.807) is 19.1 Å². The van der Waals surface area contributed by atoms with Crippen molar-refractivity contribution in [1.82, 2.24) is 4.98 Å². The molecule has 0 amide bonds. The molecule has 0 aliphatic carbocycles. The number of nitrogens with one attached hydrogen (secondary N) is 1. The molecule has 0 aliphatic heterocycles. The summed E-state index contributed by atoms with van der Waals surface area (Å²) in [6.45, 7) is 1.93. The topological polar surface area (TPSA) is 93.6 Å². The zero-order chi connectivity index (χ0) is 18.6. The van der Waals surface area contributed by atoms with E-state index in [0.717, 1.165) is 0 Å². The Bertz CT molecular complexity index is 839. The van der Waals surface area contributed by atoms with Gasteiger partial charge in [-0.2, -0.15) is 5.26 Å². The summed E-state index contributed by atoms with van der Waals surface area (Å²) in [5, 5.41) is 9.47. The molecule has 0 saturated heterocycles. The molecule has 0 radical (unpaired) electrons. The molecular formula is C17H17BrN2O5. The molecular weight excluding hydrogens is 392 g/mol. The van der Waals surface area contributed by atoms with E-state index in [1.807, 2.05) is 6.07 Å². The molecule has 1 aromatic heterocycles. The molecule has 0 aliphatic rings. The van der Waals surface area contributed by atoms with Gasteiger partial charge in [0, 0.05) is 11.1 Å². The Morgan fingerprint density at radius 2 is 1.88 bits per heavy atom. The molecule has 1 aromatic carbocycles. The summed E-state index contributed by atoms with van der Waals surface area (Å²) in [6.07, 6.45) is 0. The Morgan fingerprint density at radius 3 is 2.40 bits per heavy atom. The van der Waals surface area contributed by atoms with E-state index in [9.17, 15) is 10.1 Å². The summed E-state index contributed by atoms with van der Waals surface area (Å²) in [6, 6.07) is 5.47. The summed E-state index contributed by atoms with van der Waals surface area (Å²) < 4.78 is 21.5. The van der Waals surface area contributed by atoms with E-state index in [4.69, 9.17) is 18.9 Å². The fraction of sp³-hybridized carbons (Fsp3) is 0.294. The van der Waals surface area contributed by atoms with Gasteiger partial charge in [-0.05, 0) is 35.0 Å². The Hall–Kier alpha value is -2.66. The van der Waals surface area contributed by atoms with Crippen LogP contribution in [0, 0.1) is 11.3 Å². The van der Waals surface area contributed by atoms with Crippen molar-refractivity contribution in [1.29, 1.82) is 5.26 Å². The minimum Gasteiger partial charge on any atom is -0.493 e. The standard InChI is InChI=1S/C17H17BrN2O5/c1-5-25-17(21)14-13(18)12(10(8-19)20-14)9-6-7-11(22-2)16(24-4)15(9)23-3/h6-7,20H,5H2,1-4H3. The van der Waals surface area contributed by atoms with Crippen LogP contribution >= 0.6 is 15.9 Å². The number of hydrogen-bond acceptors (Lipinski definition) is 6. The second-order valence-corrected chi connectivity index (χ2v) is 5.57. The van der Waals surface area contributed by atoms with Gasteiger partial charge in [-0.3, -0.25) is 0 Å². The van der Waals surface area contributed by atoms with Crippen LogP contribution in [-0.4, -0.2) is 38.9 Å². The van der Waals surface area contributed by atoms with Crippen LogP contribution in [0.4, 0.5) is 0 Å². The third-order valence-electron chi connectivity index (χ3n) is 3.50. The lowest BCUT2D eigenvalue weighted by atomic mass is 10.0. The maximum absolute atomic E-state index is 12.1. The third kappa shape index (κ3) is 3.28. The minimum absolute atomic E-state index is 0.158. The number of hydrogen-bond donors (Lipinski definition) is 1. The van der Waals surface area contributed by atoms with Crippen molar-refractivity contribution in [2.75, 3.05) is 27.9 Å². The predicted molar refractivity (Wildman–Crippen MR) is 94.3 cm³/mol. The molecule has 0 spiro atoms. The van der Waals surface area contributed by atoms with E-state index in [-0.39, 0.29) is 18.0 Å². The number of carbonyl (C=O) groups is 1. The van der Waals surface area contributed by atoms with Gasteiger partial charge in [0.2, 0.25) is 5.75 Å². The lowest BCUT2D eigenvalue weighted by molar-refractivity contribution is 0.0519. The quantitative estimate of drug-likeness (QED) is 0.734. The van der Waals surface area contributed by atoms with Gasteiger partial charge in [-0.1, -0.05) is 0 Å². The minimum atomic E-state index is -0.559. The number of aromatic amines is 1. The molecule has 25 heavy (non-hydrogen) atoms.